The molecule has 0 radical (unpaired) electrons. The maximum atomic E-state index is 12.4. The topological polar surface area (TPSA) is 0 Å². The molecule has 0 spiro atoms. The molecule has 52 valence electrons. The summed E-state index contributed by atoms with van der Waals surface area (Å²) in [6, 6.07) is 0. The van der Waals surface area contributed by atoms with Crippen molar-refractivity contribution in [2.24, 2.45) is 0 Å². The fourth-order valence-electron chi connectivity index (χ4n) is 0.422. The van der Waals surface area contributed by atoms with Crippen molar-refractivity contribution in [3.05, 3.63) is 11.1 Å². The first-order valence-corrected chi connectivity index (χ1v) is 3.99. The fraction of sp³-hybridized carbons (Fsp3) is 0.500. The van der Waals surface area contributed by atoms with E-state index in [0.717, 1.165) is 0 Å². The Kier molecular flexibility index (Phi) is 1.70. The van der Waals surface area contributed by atoms with Crippen molar-refractivity contribution < 1.29 is 8.78 Å². The minimum absolute atomic E-state index is 0.420. The molecule has 1 aliphatic rings. The Hall–Kier alpha value is 0.850. The van der Waals surface area contributed by atoms with E-state index in [1.807, 2.05) is 0 Å². The van der Waals surface area contributed by atoms with Gasteiger partial charge < -0.3 is 0 Å². The summed E-state index contributed by atoms with van der Waals surface area (Å²) in [4.78, 5) is 0. The van der Waals surface area contributed by atoms with E-state index in [1.165, 1.54) is 6.08 Å². The van der Waals surface area contributed by atoms with Crippen molar-refractivity contribution in [2.45, 2.75) is 9.16 Å². The van der Waals surface area contributed by atoms with Crippen molar-refractivity contribution >= 4 is 43.5 Å². The molecule has 0 aliphatic heterocycles. The summed E-state index contributed by atoms with van der Waals surface area (Å²) < 4.78 is 23.4. The van der Waals surface area contributed by atoms with E-state index < -0.39 is 14.2 Å². The number of hydrogen-bond donors (Lipinski definition) is 0. The molecule has 5 heteroatoms. The summed E-state index contributed by atoms with van der Waals surface area (Å²) in [6.45, 7) is 0. The molecule has 0 bridgehead atoms. The summed E-state index contributed by atoms with van der Waals surface area (Å²) in [6.07, 6.45) is 1.20. The Morgan fingerprint density at radius 1 is 1.44 bits per heavy atom. The third-order valence-corrected chi connectivity index (χ3v) is 2.83. The number of hydrogen-bond acceptors (Lipinski definition) is 0. The van der Waals surface area contributed by atoms with Crippen LogP contribution in [-0.4, -0.2) is 9.16 Å². The third kappa shape index (κ3) is 0.955. The minimum atomic E-state index is -2.96. The van der Waals surface area contributed by atoms with Gasteiger partial charge in [0.05, 0.1) is 5.03 Å². The quantitative estimate of drug-likeness (QED) is 0.598. The van der Waals surface area contributed by atoms with Crippen LogP contribution in [0, 0.1) is 0 Å². The van der Waals surface area contributed by atoms with E-state index in [-0.39, 0.29) is 0 Å². The molecule has 0 aromatic rings. The number of halogens is 5. The van der Waals surface area contributed by atoms with Gasteiger partial charge in [-0.2, -0.15) is 8.78 Å². The highest BCUT2D eigenvalue weighted by Gasteiger charge is 2.59. The molecule has 0 unspecified atom stereocenters. The van der Waals surface area contributed by atoms with Gasteiger partial charge in [0.1, 0.15) is 0 Å². The van der Waals surface area contributed by atoms with Crippen LogP contribution in [0.5, 0.6) is 0 Å². The zero-order chi connectivity index (χ0) is 7.28. The zero-order valence-electron chi connectivity index (χ0n) is 3.97. The Morgan fingerprint density at radius 2 is 1.89 bits per heavy atom. The highest BCUT2D eigenvalue weighted by atomic mass is 79.9. The van der Waals surface area contributed by atoms with E-state index in [9.17, 15) is 8.78 Å². The van der Waals surface area contributed by atoms with Crippen LogP contribution in [-0.2, 0) is 0 Å². The standard InChI is InChI=1S/C4HBr2ClF2/c5-3(6)1-2(7)4(3,8)9/h1H. The summed E-state index contributed by atoms with van der Waals surface area (Å²) in [5.41, 5.74) is 0. The normalized spacial score (nSPS) is 28.8. The molecule has 1 rings (SSSR count). The molecule has 9 heavy (non-hydrogen) atoms. The van der Waals surface area contributed by atoms with E-state index in [4.69, 9.17) is 11.6 Å². The summed E-state index contributed by atoms with van der Waals surface area (Å²) >= 11 is 10.5. The van der Waals surface area contributed by atoms with Gasteiger partial charge in [-0.25, -0.2) is 0 Å². The number of rotatable bonds is 0. The second-order valence-electron chi connectivity index (χ2n) is 1.69. The van der Waals surface area contributed by atoms with E-state index in [2.05, 4.69) is 31.9 Å². The minimum Gasteiger partial charge on any atom is -0.197 e. The predicted molar refractivity (Wildman–Crippen MR) is 39.5 cm³/mol. The maximum absolute atomic E-state index is 12.4. The lowest BCUT2D eigenvalue weighted by Gasteiger charge is -2.35. The maximum Gasteiger partial charge on any atom is 0.311 e. The van der Waals surface area contributed by atoms with Gasteiger partial charge in [0.25, 0.3) is 0 Å². The van der Waals surface area contributed by atoms with Gasteiger partial charge in [0.2, 0.25) is 0 Å². The molecule has 0 aromatic carbocycles. The zero-order valence-corrected chi connectivity index (χ0v) is 7.90. The molecule has 0 saturated carbocycles. The first-order chi connectivity index (χ1) is 3.88. The van der Waals surface area contributed by atoms with Crippen LogP contribution >= 0.6 is 43.5 Å². The predicted octanol–water partition coefficient (Wildman–Crippen LogP) is 3.24. The van der Waals surface area contributed by atoms with E-state index in [0.29, 0.717) is 0 Å². The van der Waals surface area contributed by atoms with Gasteiger partial charge in [0.15, 0.2) is 3.23 Å². The summed E-state index contributed by atoms with van der Waals surface area (Å²) in [7, 11) is 0. The van der Waals surface area contributed by atoms with Crippen molar-refractivity contribution in [3.8, 4) is 0 Å². The van der Waals surface area contributed by atoms with Gasteiger partial charge in [-0.05, 0) is 6.08 Å². The second-order valence-corrected chi connectivity index (χ2v) is 5.66. The van der Waals surface area contributed by atoms with Gasteiger partial charge in [-0.15, -0.1) is 0 Å². The SMILES string of the molecule is FC1(F)C(Cl)=CC1(Br)Br. The highest BCUT2D eigenvalue weighted by molar-refractivity contribution is 9.25. The summed E-state index contributed by atoms with van der Waals surface area (Å²) in [5.74, 6) is -2.96. The lowest BCUT2D eigenvalue weighted by atomic mass is 10.1. The van der Waals surface area contributed by atoms with Crippen LogP contribution < -0.4 is 0 Å². The van der Waals surface area contributed by atoms with Gasteiger partial charge >= 0.3 is 5.92 Å². The molecular weight excluding hydrogens is 281 g/mol. The second kappa shape index (κ2) is 1.92. The van der Waals surface area contributed by atoms with Crippen molar-refractivity contribution in [1.29, 1.82) is 0 Å². The molecule has 0 N–H and O–H groups in total. The lowest BCUT2D eigenvalue weighted by molar-refractivity contribution is 0.0345. The Morgan fingerprint density at radius 3 is 1.89 bits per heavy atom. The van der Waals surface area contributed by atoms with Crippen molar-refractivity contribution in [3.63, 3.8) is 0 Å². The smallest absolute Gasteiger partial charge is 0.197 e. The molecule has 0 saturated heterocycles. The van der Waals surface area contributed by atoms with Gasteiger partial charge in [-0.1, -0.05) is 43.5 Å². The van der Waals surface area contributed by atoms with Crippen molar-refractivity contribution in [1.82, 2.24) is 0 Å². The molecule has 0 nitrogen and oxygen atoms in total. The van der Waals surface area contributed by atoms with E-state index in [1.54, 1.807) is 0 Å². The van der Waals surface area contributed by atoms with Crippen molar-refractivity contribution in [2.75, 3.05) is 0 Å². The first kappa shape index (κ1) is 7.95. The van der Waals surface area contributed by atoms with E-state index >= 15 is 0 Å². The van der Waals surface area contributed by atoms with Crippen LogP contribution in [0.25, 0.3) is 0 Å². The molecule has 0 atom stereocenters. The largest absolute Gasteiger partial charge is 0.311 e. The van der Waals surface area contributed by atoms with Crippen LogP contribution in [0.1, 0.15) is 0 Å². The van der Waals surface area contributed by atoms with Gasteiger partial charge in [-0.3, -0.25) is 0 Å². The Bertz CT molecular complexity index is 175. The Labute approximate surface area is 72.5 Å². The molecular formula is C4HBr2ClF2. The molecule has 0 aromatic heterocycles. The molecule has 1 aliphatic carbocycles. The fourth-order valence-corrected chi connectivity index (χ4v) is 2.11. The molecule has 0 heterocycles. The highest BCUT2D eigenvalue weighted by Crippen LogP contribution is 2.56. The van der Waals surface area contributed by atoms with Crippen LogP contribution in [0.15, 0.2) is 11.1 Å². The van der Waals surface area contributed by atoms with Crippen LogP contribution in [0.4, 0.5) is 8.78 Å². The molecule has 0 fully saturated rings. The Balaban J connectivity index is 2.94. The average molecular weight is 282 g/mol. The number of allylic oxidation sites excluding steroid dienone is 2. The monoisotopic (exact) mass is 280 g/mol. The van der Waals surface area contributed by atoms with Crippen LogP contribution in [0.2, 0.25) is 0 Å². The lowest BCUT2D eigenvalue weighted by Crippen LogP contribution is -2.44. The van der Waals surface area contributed by atoms with Crippen LogP contribution in [0.3, 0.4) is 0 Å². The average Bonchev–Trinajstić information content (AvgIpc) is 1.65. The number of alkyl halides is 4. The third-order valence-electron chi connectivity index (χ3n) is 1.03. The van der Waals surface area contributed by atoms with Gasteiger partial charge in [0, 0.05) is 0 Å². The summed E-state index contributed by atoms with van der Waals surface area (Å²) in [5, 5.41) is -0.420. The first-order valence-electron chi connectivity index (χ1n) is 2.02. The molecule has 0 amide bonds.